The molecule has 1 fully saturated rings. The number of hydrogen-bond donors (Lipinski definition) is 2. The number of nitrogens with zero attached hydrogens (tertiary/aromatic N) is 2. The van der Waals surface area contributed by atoms with Crippen molar-refractivity contribution in [1.29, 1.82) is 0 Å². The summed E-state index contributed by atoms with van der Waals surface area (Å²) < 4.78 is 10.8. The first-order valence-corrected chi connectivity index (χ1v) is 5.71. The molecule has 1 aromatic heterocycles. The Morgan fingerprint density at radius 2 is 2.35 bits per heavy atom. The molecule has 2 atom stereocenters. The van der Waals surface area contributed by atoms with Crippen LogP contribution in [0.4, 0.5) is 5.82 Å². The van der Waals surface area contributed by atoms with E-state index >= 15 is 0 Å². The van der Waals surface area contributed by atoms with Gasteiger partial charge in [-0.1, -0.05) is 0 Å². The van der Waals surface area contributed by atoms with Gasteiger partial charge in [-0.2, -0.15) is 0 Å². The van der Waals surface area contributed by atoms with Crippen molar-refractivity contribution in [2.24, 2.45) is 5.84 Å². The quantitative estimate of drug-likeness (QED) is 0.605. The standard InChI is InChI=1S/C11H18N4O2/c1-7-3-4-9(17-7)11-13-8(6-16-2)5-10(14-11)15-12/h5,7,9H,3-4,6,12H2,1-2H3,(H,13,14,15). The maximum Gasteiger partial charge on any atom is 0.159 e. The zero-order valence-corrected chi connectivity index (χ0v) is 10.1. The van der Waals surface area contributed by atoms with Gasteiger partial charge in [0.15, 0.2) is 5.82 Å². The minimum absolute atomic E-state index is 0.0334. The Labute approximate surface area is 101 Å². The third kappa shape index (κ3) is 2.91. The summed E-state index contributed by atoms with van der Waals surface area (Å²) in [6, 6.07) is 1.77. The molecule has 6 nitrogen and oxygen atoms in total. The van der Waals surface area contributed by atoms with Crippen molar-refractivity contribution in [3.8, 4) is 0 Å². The molecule has 0 aliphatic carbocycles. The van der Waals surface area contributed by atoms with Gasteiger partial charge in [-0.05, 0) is 19.8 Å². The van der Waals surface area contributed by atoms with Crippen LogP contribution in [-0.2, 0) is 16.1 Å². The fourth-order valence-corrected chi connectivity index (χ4v) is 1.95. The van der Waals surface area contributed by atoms with Crippen LogP contribution in [0, 0.1) is 0 Å². The minimum Gasteiger partial charge on any atom is -0.378 e. The van der Waals surface area contributed by atoms with Gasteiger partial charge in [-0.25, -0.2) is 15.8 Å². The predicted molar refractivity (Wildman–Crippen MR) is 63.1 cm³/mol. The molecule has 2 unspecified atom stereocenters. The second kappa shape index (κ2) is 5.39. The zero-order chi connectivity index (χ0) is 12.3. The minimum atomic E-state index is -0.0334. The molecule has 3 N–H and O–H groups in total. The molecular weight excluding hydrogens is 220 g/mol. The normalized spacial score (nSPS) is 23.9. The smallest absolute Gasteiger partial charge is 0.159 e. The lowest BCUT2D eigenvalue weighted by atomic mass is 10.2. The van der Waals surface area contributed by atoms with E-state index in [9.17, 15) is 0 Å². The summed E-state index contributed by atoms with van der Waals surface area (Å²) in [7, 11) is 1.63. The van der Waals surface area contributed by atoms with Crippen molar-refractivity contribution in [3.63, 3.8) is 0 Å². The largest absolute Gasteiger partial charge is 0.378 e. The molecule has 6 heteroatoms. The molecule has 0 saturated carbocycles. The maximum absolute atomic E-state index is 5.75. The topological polar surface area (TPSA) is 82.3 Å². The highest BCUT2D eigenvalue weighted by molar-refractivity contribution is 5.34. The highest BCUT2D eigenvalue weighted by Crippen LogP contribution is 2.31. The number of ether oxygens (including phenoxy) is 2. The van der Waals surface area contributed by atoms with Gasteiger partial charge in [0.1, 0.15) is 11.9 Å². The van der Waals surface area contributed by atoms with Crippen LogP contribution in [0.5, 0.6) is 0 Å². The summed E-state index contributed by atoms with van der Waals surface area (Å²) >= 11 is 0. The average Bonchev–Trinajstić information content (AvgIpc) is 2.76. The first-order valence-electron chi connectivity index (χ1n) is 5.71. The molecule has 2 heterocycles. The lowest BCUT2D eigenvalue weighted by Crippen LogP contribution is -2.14. The fraction of sp³-hybridized carbons (Fsp3) is 0.636. The molecule has 94 valence electrons. The Balaban J connectivity index is 2.23. The molecule has 0 aromatic carbocycles. The number of nitrogens with one attached hydrogen (secondary N) is 1. The average molecular weight is 238 g/mol. The van der Waals surface area contributed by atoms with Crippen LogP contribution in [0.2, 0.25) is 0 Å². The molecule has 0 spiro atoms. The molecule has 2 rings (SSSR count). The molecule has 1 aromatic rings. The number of nitrogen functional groups attached to an aromatic ring is 1. The van der Waals surface area contributed by atoms with Gasteiger partial charge >= 0.3 is 0 Å². The molecule has 1 aliphatic heterocycles. The second-order valence-corrected chi connectivity index (χ2v) is 4.19. The summed E-state index contributed by atoms with van der Waals surface area (Å²) in [6.45, 7) is 2.49. The Morgan fingerprint density at radius 3 is 2.94 bits per heavy atom. The molecule has 17 heavy (non-hydrogen) atoms. The van der Waals surface area contributed by atoms with Crippen molar-refractivity contribution in [1.82, 2.24) is 9.97 Å². The Hall–Kier alpha value is -1.24. The van der Waals surface area contributed by atoms with E-state index in [-0.39, 0.29) is 12.2 Å². The van der Waals surface area contributed by atoms with E-state index in [1.807, 2.05) is 0 Å². The molecule has 0 amide bonds. The van der Waals surface area contributed by atoms with Crippen molar-refractivity contribution in [2.45, 2.75) is 38.6 Å². The first-order chi connectivity index (χ1) is 8.22. The van der Waals surface area contributed by atoms with Gasteiger partial charge in [0.25, 0.3) is 0 Å². The van der Waals surface area contributed by atoms with Crippen molar-refractivity contribution in [2.75, 3.05) is 12.5 Å². The Bertz CT molecular complexity index is 386. The Kier molecular flexibility index (Phi) is 3.88. The fourth-order valence-electron chi connectivity index (χ4n) is 1.95. The lowest BCUT2D eigenvalue weighted by molar-refractivity contribution is 0.0499. The van der Waals surface area contributed by atoms with E-state index < -0.39 is 0 Å². The van der Waals surface area contributed by atoms with Gasteiger partial charge in [-0.3, -0.25) is 0 Å². The van der Waals surface area contributed by atoms with E-state index in [0.29, 0.717) is 18.2 Å². The van der Waals surface area contributed by atoms with Gasteiger partial charge in [0.2, 0.25) is 0 Å². The van der Waals surface area contributed by atoms with Gasteiger partial charge in [0, 0.05) is 13.2 Å². The highest BCUT2D eigenvalue weighted by Gasteiger charge is 2.26. The summed E-state index contributed by atoms with van der Waals surface area (Å²) in [5.74, 6) is 6.65. The number of nitrogens with two attached hydrogens (primary N) is 1. The number of anilines is 1. The molecule has 1 aliphatic rings. The third-order valence-electron chi connectivity index (χ3n) is 2.76. The van der Waals surface area contributed by atoms with Crippen LogP contribution >= 0.6 is 0 Å². The third-order valence-corrected chi connectivity index (χ3v) is 2.76. The maximum atomic E-state index is 5.75. The van der Waals surface area contributed by atoms with Gasteiger partial charge in [-0.15, -0.1) is 0 Å². The van der Waals surface area contributed by atoms with E-state index in [1.165, 1.54) is 0 Å². The second-order valence-electron chi connectivity index (χ2n) is 4.19. The van der Waals surface area contributed by atoms with E-state index in [1.54, 1.807) is 13.2 Å². The van der Waals surface area contributed by atoms with Crippen LogP contribution in [0.3, 0.4) is 0 Å². The first kappa shape index (κ1) is 12.2. The summed E-state index contributed by atoms with van der Waals surface area (Å²) in [6.07, 6.45) is 2.22. The van der Waals surface area contributed by atoms with Crippen molar-refractivity contribution >= 4 is 5.82 Å². The SMILES string of the molecule is COCc1cc(NN)nc(C2CCC(C)O2)n1. The van der Waals surface area contributed by atoms with Crippen LogP contribution < -0.4 is 11.3 Å². The van der Waals surface area contributed by atoms with Crippen LogP contribution in [0.25, 0.3) is 0 Å². The van der Waals surface area contributed by atoms with Gasteiger partial charge in [0.05, 0.1) is 18.4 Å². The van der Waals surface area contributed by atoms with Crippen molar-refractivity contribution in [3.05, 3.63) is 17.6 Å². The lowest BCUT2D eigenvalue weighted by Gasteiger charge is -2.12. The van der Waals surface area contributed by atoms with E-state index in [4.69, 9.17) is 15.3 Å². The molecule has 0 bridgehead atoms. The Morgan fingerprint density at radius 1 is 1.53 bits per heavy atom. The van der Waals surface area contributed by atoms with Crippen LogP contribution in [-0.4, -0.2) is 23.2 Å². The molecular formula is C11H18N4O2. The monoisotopic (exact) mass is 238 g/mol. The number of hydrogen-bond acceptors (Lipinski definition) is 6. The van der Waals surface area contributed by atoms with E-state index in [2.05, 4.69) is 22.3 Å². The number of rotatable bonds is 4. The molecule has 1 saturated heterocycles. The van der Waals surface area contributed by atoms with Crippen LogP contribution in [0.1, 0.15) is 37.4 Å². The predicted octanol–water partition coefficient (Wildman–Crippen LogP) is 1.15. The summed E-state index contributed by atoms with van der Waals surface area (Å²) in [4.78, 5) is 8.75. The van der Waals surface area contributed by atoms with Gasteiger partial charge < -0.3 is 14.9 Å². The van der Waals surface area contributed by atoms with Crippen LogP contribution in [0.15, 0.2) is 6.07 Å². The number of methoxy groups -OCH3 is 1. The van der Waals surface area contributed by atoms with E-state index in [0.717, 1.165) is 18.5 Å². The highest BCUT2D eigenvalue weighted by atomic mass is 16.5. The number of aromatic nitrogens is 2. The zero-order valence-electron chi connectivity index (χ0n) is 10.1. The summed E-state index contributed by atoms with van der Waals surface area (Å²) in [5.41, 5.74) is 3.34. The molecule has 0 radical (unpaired) electrons. The van der Waals surface area contributed by atoms with Crippen molar-refractivity contribution < 1.29 is 9.47 Å². The number of hydrazine groups is 1. The summed E-state index contributed by atoms with van der Waals surface area (Å²) in [5, 5.41) is 0.